The van der Waals surface area contributed by atoms with Crippen LogP contribution in [-0.4, -0.2) is 28.6 Å². The first-order valence-electron chi connectivity index (χ1n) is 5.98. The van der Waals surface area contributed by atoms with Crippen molar-refractivity contribution in [2.75, 3.05) is 11.4 Å². The van der Waals surface area contributed by atoms with E-state index in [2.05, 4.69) is 0 Å². The van der Waals surface area contributed by atoms with Crippen molar-refractivity contribution in [1.29, 1.82) is 0 Å². The lowest BCUT2D eigenvalue weighted by molar-refractivity contribution is -0.119. The molecule has 2 N–H and O–H groups in total. The van der Waals surface area contributed by atoms with E-state index in [0.717, 1.165) is 30.5 Å². The highest BCUT2D eigenvalue weighted by Crippen LogP contribution is 2.41. The molecule has 0 amide bonds. The first-order valence-corrected chi connectivity index (χ1v) is 5.98. The molecule has 2 heterocycles. The molecule has 1 saturated heterocycles. The summed E-state index contributed by atoms with van der Waals surface area (Å²) >= 11 is 0. The number of rotatable bonds is 0. The Balaban J connectivity index is 2.07. The van der Waals surface area contributed by atoms with Crippen LogP contribution in [0.4, 0.5) is 5.69 Å². The van der Waals surface area contributed by atoms with Crippen LogP contribution in [-0.2, 0) is 11.2 Å². The van der Waals surface area contributed by atoms with Gasteiger partial charge in [0.05, 0.1) is 6.54 Å². The van der Waals surface area contributed by atoms with Gasteiger partial charge in [-0.05, 0) is 19.3 Å². The number of hydrogen-bond donors (Lipinski definition) is 2. The van der Waals surface area contributed by atoms with Crippen LogP contribution in [0.5, 0.6) is 11.5 Å². The predicted octanol–water partition coefficient (Wildman–Crippen LogP) is 1.58. The maximum Gasteiger partial charge on any atom is 0.152 e. The molecule has 1 fully saturated rings. The van der Waals surface area contributed by atoms with Crippen LogP contribution in [0.2, 0.25) is 0 Å². The van der Waals surface area contributed by atoms with Crippen molar-refractivity contribution >= 4 is 11.5 Å². The Labute approximate surface area is 99.5 Å². The molecule has 1 aromatic carbocycles. The quantitative estimate of drug-likeness (QED) is 0.714. The fraction of sp³-hybridized carbons (Fsp3) is 0.462. The number of anilines is 1. The number of hydrogen-bond acceptors (Lipinski definition) is 4. The highest BCUT2D eigenvalue weighted by atomic mass is 16.3. The molecular formula is C13H15NO3. The van der Waals surface area contributed by atoms with Crippen molar-refractivity contribution in [3.8, 4) is 11.5 Å². The number of benzene rings is 1. The minimum absolute atomic E-state index is 0.0555. The molecule has 0 saturated carbocycles. The Bertz CT molecular complexity index is 484. The number of piperidine rings is 1. The van der Waals surface area contributed by atoms with Crippen molar-refractivity contribution in [2.45, 2.75) is 31.7 Å². The molecular weight excluding hydrogens is 218 g/mol. The van der Waals surface area contributed by atoms with Crippen LogP contribution < -0.4 is 4.90 Å². The number of phenols is 2. The summed E-state index contributed by atoms with van der Waals surface area (Å²) in [5.74, 6) is 0.424. The van der Waals surface area contributed by atoms with Crippen molar-refractivity contribution in [3.63, 3.8) is 0 Å². The molecule has 4 nitrogen and oxygen atoms in total. The van der Waals surface area contributed by atoms with Gasteiger partial charge >= 0.3 is 0 Å². The molecule has 17 heavy (non-hydrogen) atoms. The third-order valence-electron chi connectivity index (χ3n) is 3.77. The number of ketones is 1. The molecule has 0 aromatic heterocycles. The zero-order valence-electron chi connectivity index (χ0n) is 9.52. The Morgan fingerprint density at radius 2 is 1.94 bits per heavy atom. The monoisotopic (exact) mass is 233 g/mol. The number of carbonyl (C=O) groups is 1. The fourth-order valence-corrected chi connectivity index (χ4v) is 2.91. The van der Waals surface area contributed by atoms with Crippen LogP contribution in [0, 0.1) is 0 Å². The smallest absolute Gasteiger partial charge is 0.152 e. The van der Waals surface area contributed by atoms with E-state index in [1.165, 1.54) is 6.07 Å². The topological polar surface area (TPSA) is 60.8 Å². The van der Waals surface area contributed by atoms with Gasteiger partial charge in [0, 0.05) is 35.8 Å². The molecule has 4 heteroatoms. The highest BCUT2D eigenvalue weighted by Gasteiger charge is 2.32. The standard InChI is InChI=1S/C13H15NO3/c15-9-3-1-8-2-4-11-12(14(8)7-9)5-10(16)6-13(11)17/h5-6,8,16-17H,1-4,7H2. The maximum atomic E-state index is 11.5. The minimum atomic E-state index is 0.0555. The normalized spacial score (nSPS) is 23.2. The fourth-order valence-electron chi connectivity index (χ4n) is 2.91. The Morgan fingerprint density at radius 3 is 2.76 bits per heavy atom. The molecule has 0 radical (unpaired) electrons. The number of phenolic OH excluding ortho intramolecular Hbond substituents is 2. The summed E-state index contributed by atoms with van der Waals surface area (Å²) in [6.07, 6.45) is 3.32. The van der Waals surface area contributed by atoms with Gasteiger partial charge < -0.3 is 15.1 Å². The van der Waals surface area contributed by atoms with E-state index in [4.69, 9.17) is 0 Å². The van der Waals surface area contributed by atoms with E-state index in [0.29, 0.717) is 19.0 Å². The van der Waals surface area contributed by atoms with E-state index in [9.17, 15) is 15.0 Å². The van der Waals surface area contributed by atoms with Gasteiger partial charge in [-0.15, -0.1) is 0 Å². The number of nitrogens with zero attached hydrogens (tertiary/aromatic N) is 1. The van der Waals surface area contributed by atoms with Gasteiger partial charge in [-0.2, -0.15) is 0 Å². The number of aromatic hydroxyl groups is 2. The second-order valence-corrected chi connectivity index (χ2v) is 4.86. The Kier molecular flexibility index (Phi) is 2.24. The molecule has 0 spiro atoms. The second kappa shape index (κ2) is 3.65. The third kappa shape index (κ3) is 1.64. The third-order valence-corrected chi connectivity index (χ3v) is 3.77. The zero-order chi connectivity index (χ0) is 12.0. The van der Waals surface area contributed by atoms with E-state index in [1.807, 2.05) is 4.90 Å². The van der Waals surface area contributed by atoms with Crippen LogP contribution in [0.3, 0.4) is 0 Å². The summed E-state index contributed by atoms with van der Waals surface area (Å²) in [4.78, 5) is 13.6. The van der Waals surface area contributed by atoms with Gasteiger partial charge in [-0.25, -0.2) is 0 Å². The van der Waals surface area contributed by atoms with E-state index >= 15 is 0 Å². The lowest BCUT2D eigenvalue weighted by Crippen LogP contribution is -2.46. The molecule has 1 unspecified atom stereocenters. The molecule has 1 aromatic rings. The summed E-state index contributed by atoms with van der Waals surface area (Å²) in [5, 5.41) is 19.4. The predicted molar refractivity (Wildman–Crippen MR) is 63.5 cm³/mol. The minimum Gasteiger partial charge on any atom is -0.508 e. The van der Waals surface area contributed by atoms with Crippen LogP contribution in [0.25, 0.3) is 0 Å². The van der Waals surface area contributed by atoms with Crippen LogP contribution >= 0.6 is 0 Å². The second-order valence-electron chi connectivity index (χ2n) is 4.86. The van der Waals surface area contributed by atoms with Crippen LogP contribution in [0.1, 0.15) is 24.8 Å². The Morgan fingerprint density at radius 1 is 1.18 bits per heavy atom. The van der Waals surface area contributed by atoms with E-state index in [-0.39, 0.29) is 17.3 Å². The average Bonchev–Trinajstić information content (AvgIpc) is 2.28. The van der Waals surface area contributed by atoms with Crippen molar-refractivity contribution < 1.29 is 15.0 Å². The van der Waals surface area contributed by atoms with Crippen LogP contribution in [0.15, 0.2) is 12.1 Å². The maximum absolute atomic E-state index is 11.5. The first kappa shape index (κ1) is 10.4. The lowest BCUT2D eigenvalue weighted by Gasteiger charge is -2.41. The van der Waals surface area contributed by atoms with Gasteiger partial charge in [0.1, 0.15) is 11.5 Å². The first-order chi connectivity index (χ1) is 8.15. The summed E-state index contributed by atoms with van der Waals surface area (Å²) in [5.41, 5.74) is 1.68. The van der Waals surface area contributed by atoms with Gasteiger partial charge in [0.25, 0.3) is 0 Å². The number of Topliss-reactive ketones (excluding diaryl/α,β-unsaturated/α-hetero) is 1. The van der Waals surface area contributed by atoms with Gasteiger partial charge in [0.15, 0.2) is 5.78 Å². The molecule has 1 atom stereocenters. The molecule has 3 rings (SSSR count). The molecule has 0 aliphatic carbocycles. The largest absolute Gasteiger partial charge is 0.508 e. The van der Waals surface area contributed by atoms with Gasteiger partial charge in [-0.1, -0.05) is 0 Å². The van der Waals surface area contributed by atoms with Crippen molar-refractivity contribution in [2.24, 2.45) is 0 Å². The summed E-state index contributed by atoms with van der Waals surface area (Å²) in [6, 6.07) is 3.39. The van der Waals surface area contributed by atoms with E-state index < -0.39 is 0 Å². The molecule has 2 aliphatic heterocycles. The van der Waals surface area contributed by atoms with Gasteiger partial charge in [0.2, 0.25) is 0 Å². The number of fused-ring (bicyclic) bond motifs is 3. The van der Waals surface area contributed by atoms with Gasteiger partial charge in [-0.3, -0.25) is 4.79 Å². The zero-order valence-corrected chi connectivity index (χ0v) is 9.52. The summed E-state index contributed by atoms with van der Waals surface area (Å²) < 4.78 is 0. The number of carbonyl (C=O) groups excluding carboxylic acids is 1. The van der Waals surface area contributed by atoms with Crippen molar-refractivity contribution in [3.05, 3.63) is 17.7 Å². The SMILES string of the molecule is O=C1CCC2CCc3c(O)cc(O)cc3N2C1. The Hall–Kier alpha value is -1.71. The average molecular weight is 233 g/mol. The molecule has 90 valence electrons. The highest BCUT2D eigenvalue weighted by molar-refractivity contribution is 5.86. The molecule has 0 bridgehead atoms. The van der Waals surface area contributed by atoms with E-state index in [1.54, 1.807) is 6.07 Å². The summed E-state index contributed by atoms with van der Waals surface area (Å²) in [7, 11) is 0. The summed E-state index contributed by atoms with van der Waals surface area (Å²) in [6.45, 7) is 0.403. The molecule has 2 aliphatic rings. The lowest BCUT2D eigenvalue weighted by atomic mass is 9.88. The van der Waals surface area contributed by atoms with Crippen molar-refractivity contribution in [1.82, 2.24) is 0 Å².